The highest BCUT2D eigenvalue weighted by Crippen LogP contribution is 2.39. The number of nitrogens with one attached hydrogen (secondary N) is 2. The van der Waals surface area contributed by atoms with Gasteiger partial charge in [-0.1, -0.05) is 0 Å². The van der Waals surface area contributed by atoms with Gasteiger partial charge in [-0.25, -0.2) is 0 Å². The van der Waals surface area contributed by atoms with Crippen LogP contribution in [0.4, 0.5) is 18.9 Å². The Morgan fingerprint density at radius 3 is 2.61 bits per heavy atom. The van der Waals surface area contributed by atoms with Crippen LogP contribution in [-0.2, 0) is 6.18 Å². The van der Waals surface area contributed by atoms with Gasteiger partial charge in [-0.05, 0) is 33.3 Å². The molecular formula is C12H5BrF3N7. The van der Waals surface area contributed by atoms with E-state index in [1.54, 1.807) is 12.1 Å². The third-order valence-corrected chi connectivity index (χ3v) is 3.22. The van der Waals surface area contributed by atoms with Crippen LogP contribution in [0.3, 0.4) is 0 Å². The molecule has 11 heteroatoms. The molecule has 116 valence electrons. The van der Waals surface area contributed by atoms with E-state index in [9.17, 15) is 13.2 Å². The van der Waals surface area contributed by atoms with Crippen LogP contribution < -0.4 is 5.32 Å². The molecule has 0 aliphatic rings. The molecule has 0 aliphatic heterocycles. The highest BCUT2D eigenvalue weighted by atomic mass is 79.9. The van der Waals surface area contributed by atoms with E-state index in [2.05, 4.69) is 41.9 Å². The van der Waals surface area contributed by atoms with E-state index in [0.29, 0.717) is 6.07 Å². The van der Waals surface area contributed by atoms with Gasteiger partial charge in [0.05, 0.1) is 22.9 Å². The molecule has 0 radical (unpaired) electrons. The third-order valence-electron chi connectivity index (χ3n) is 2.59. The summed E-state index contributed by atoms with van der Waals surface area (Å²) in [6.07, 6.45) is -3.67. The van der Waals surface area contributed by atoms with Crippen molar-refractivity contribution in [3.8, 4) is 12.1 Å². The molecule has 1 aromatic carbocycles. The summed E-state index contributed by atoms with van der Waals surface area (Å²) in [5, 5.41) is 32.7. The normalized spacial score (nSPS) is 11.7. The van der Waals surface area contributed by atoms with Gasteiger partial charge in [-0.3, -0.25) is 0 Å². The van der Waals surface area contributed by atoms with E-state index < -0.39 is 11.7 Å². The summed E-state index contributed by atoms with van der Waals surface area (Å²) >= 11 is 2.98. The molecule has 0 spiro atoms. The molecule has 2 rings (SSSR count). The van der Waals surface area contributed by atoms with Gasteiger partial charge < -0.3 is 5.32 Å². The molecule has 0 saturated carbocycles. The minimum atomic E-state index is -4.69. The number of hydrogen-bond acceptors (Lipinski definition) is 6. The molecule has 1 heterocycles. The quantitative estimate of drug-likeness (QED) is 0.787. The standard InChI is InChI=1S/C12H5BrF3N7/c13-9-2-6(3-17)1-8(12(14,15)16)10(9)19-5-7(4-18)11-20-22-23-21-11/h1-2,5,19H,(H,20,21,22,23). The lowest BCUT2D eigenvalue weighted by atomic mass is 10.1. The molecule has 0 bridgehead atoms. The highest BCUT2D eigenvalue weighted by molar-refractivity contribution is 9.10. The maximum absolute atomic E-state index is 13.1. The zero-order valence-electron chi connectivity index (χ0n) is 11.0. The van der Waals surface area contributed by atoms with Gasteiger partial charge in [-0.2, -0.15) is 28.9 Å². The Morgan fingerprint density at radius 2 is 2.09 bits per heavy atom. The number of anilines is 1. The topological polar surface area (TPSA) is 114 Å². The van der Waals surface area contributed by atoms with Crippen molar-refractivity contribution in [2.75, 3.05) is 5.32 Å². The second-order valence-corrected chi connectivity index (χ2v) is 4.89. The van der Waals surface area contributed by atoms with E-state index >= 15 is 0 Å². The van der Waals surface area contributed by atoms with Gasteiger partial charge in [0.2, 0.25) is 5.82 Å². The fourth-order valence-corrected chi connectivity index (χ4v) is 2.18. The number of aromatic nitrogens is 4. The lowest BCUT2D eigenvalue weighted by Gasteiger charge is -2.15. The molecule has 23 heavy (non-hydrogen) atoms. The maximum Gasteiger partial charge on any atom is 0.418 e. The summed E-state index contributed by atoms with van der Waals surface area (Å²) in [5.41, 5.74) is -1.67. The first-order valence-electron chi connectivity index (χ1n) is 5.78. The number of benzene rings is 1. The van der Waals surface area contributed by atoms with Gasteiger partial charge in [0.15, 0.2) is 0 Å². The van der Waals surface area contributed by atoms with Crippen molar-refractivity contribution >= 4 is 27.2 Å². The highest BCUT2D eigenvalue weighted by Gasteiger charge is 2.35. The summed E-state index contributed by atoms with van der Waals surface area (Å²) in [6, 6.07) is 5.33. The number of alkyl halides is 3. The number of H-pyrrole nitrogens is 1. The Balaban J connectivity index is 2.48. The number of rotatable bonds is 3. The van der Waals surface area contributed by atoms with E-state index in [1.807, 2.05) is 0 Å². The fourth-order valence-electron chi connectivity index (χ4n) is 1.61. The number of nitriles is 2. The van der Waals surface area contributed by atoms with Gasteiger partial charge in [0.1, 0.15) is 11.6 Å². The van der Waals surface area contributed by atoms with Crippen LogP contribution in [0.25, 0.3) is 5.57 Å². The van der Waals surface area contributed by atoms with Crippen LogP contribution in [0.15, 0.2) is 22.8 Å². The van der Waals surface area contributed by atoms with Gasteiger partial charge in [0.25, 0.3) is 0 Å². The average Bonchev–Trinajstić information content (AvgIpc) is 3.01. The molecule has 0 aliphatic carbocycles. The van der Waals surface area contributed by atoms with E-state index in [-0.39, 0.29) is 27.1 Å². The van der Waals surface area contributed by atoms with Crippen LogP contribution in [0.5, 0.6) is 0 Å². The van der Waals surface area contributed by atoms with Crippen LogP contribution in [-0.4, -0.2) is 20.6 Å². The van der Waals surface area contributed by atoms with Crippen molar-refractivity contribution in [3.63, 3.8) is 0 Å². The number of allylic oxidation sites excluding steroid dienone is 1. The molecule has 0 unspecified atom stereocenters. The summed E-state index contributed by atoms with van der Waals surface area (Å²) in [4.78, 5) is 0. The zero-order chi connectivity index (χ0) is 17.0. The van der Waals surface area contributed by atoms with Gasteiger partial charge in [0, 0.05) is 10.7 Å². The first kappa shape index (κ1) is 16.5. The number of tetrazole rings is 1. The van der Waals surface area contributed by atoms with E-state index in [4.69, 9.17) is 10.5 Å². The van der Waals surface area contributed by atoms with Gasteiger partial charge in [-0.15, -0.1) is 10.2 Å². The van der Waals surface area contributed by atoms with Crippen molar-refractivity contribution in [3.05, 3.63) is 39.8 Å². The molecule has 0 amide bonds. The smallest absolute Gasteiger partial charge is 0.359 e. The van der Waals surface area contributed by atoms with Crippen molar-refractivity contribution in [2.24, 2.45) is 0 Å². The molecule has 1 aromatic heterocycles. The molecule has 7 nitrogen and oxygen atoms in total. The fraction of sp³-hybridized carbons (Fsp3) is 0.0833. The number of halogens is 4. The summed E-state index contributed by atoms with van der Waals surface area (Å²) in [5.74, 6) is -0.0710. The Hall–Kier alpha value is -2.92. The monoisotopic (exact) mass is 383 g/mol. The van der Waals surface area contributed by atoms with Crippen molar-refractivity contribution in [1.82, 2.24) is 20.6 Å². The number of nitrogens with zero attached hydrogens (tertiary/aromatic N) is 5. The lowest BCUT2D eigenvalue weighted by molar-refractivity contribution is -0.137. The summed E-state index contributed by atoms with van der Waals surface area (Å²) in [7, 11) is 0. The molecule has 2 aromatic rings. The Bertz CT molecular complexity index is 828. The molecule has 2 N–H and O–H groups in total. The lowest BCUT2D eigenvalue weighted by Crippen LogP contribution is -2.10. The Labute approximate surface area is 135 Å². The van der Waals surface area contributed by atoms with Crippen molar-refractivity contribution in [1.29, 1.82) is 10.5 Å². The maximum atomic E-state index is 13.1. The average molecular weight is 384 g/mol. The van der Waals surface area contributed by atoms with E-state index in [1.165, 1.54) is 6.07 Å². The minimum absolute atomic E-state index is 0.0190. The summed E-state index contributed by atoms with van der Waals surface area (Å²) in [6.45, 7) is 0. The predicted molar refractivity (Wildman–Crippen MR) is 75.2 cm³/mol. The van der Waals surface area contributed by atoms with Crippen molar-refractivity contribution in [2.45, 2.75) is 6.18 Å². The molecule has 0 atom stereocenters. The van der Waals surface area contributed by atoms with Crippen LogP contribution in [0, 0.1) is 22.7 Å². The molecular weight excluding hydrogens is 379 g/mol. The van der Waals surface area contributed by atoms with Crippen LogP contribution in [0.2, 0.25) is 0 Å². The molecule has 0 fully saturated rings. The largest absolute Gasteiger partial charge is 0.418 e. The second kappa shape index (κ2) is 6.46. The summed E-state index contributed by atoms with van der Waals surface area (Å²) < 4.78 is 39.4. The van der Waals surface area contributed by atoms with E-state index in [0.717, 1.165) is 6.20 Å². The Morgan fingerprint density at radius 1 is 1.35 bits per heavy atom. The van der Waals surface area contributed by atoms with Crippen LogP contribution >= 0.6 is 15.9 Å². The predicted octanol–water partition coefficient (Wildman–Crippen LogP) is 2.83. The van der Waals surface area contributed by atoms with Gasteiger partial charge >= 0.3 is 6.18 Å². The van der Waals surface area contributed by atoms with Crippen LogP contribution in [0.1, 0.15) is 17.0 Å². The minimum Gasteiger partial charge on any atom is -0.359 e. The number of hydrogen-bond donors (Lipinski definition) is 2. The molecule has 0 saturated heterocycles. The number of aromatic amines is 1. The third kappa shape index (κ3) is 3.64. The first-order chi connectivity index (χ1) is 10.9. The second-order valence-electron chi connectivity index (χ2n) is 4.04. The zero-order valence-corrected chi connectivity index (χ0v) is 12.6. The SMILES string of the molecule is N#CC(=CNc1c(Br)cc(C#N)cc1C(F)(F)F)c1nn[nH]n1. The Kier molecular flexibility index (Phi) is 4.62. The first-order valence-corrected chi connectivity index (χ1v) is 6.57. The van der Waals surface area contributed by atoms with Crippen molar-refractivity contribution < 1.29 is 13.2 Å².